The van der Waals surface area contributed by atoms with Crippen LogP contribution in [0.2, 0.25) is 0 Å². The van der Waals surface area contributed by atoms with Crippen molar-refractivity contribution in [3.05, 3.63) is 95.6 Å². The number of pyridine rings is 1. The first kappa shape index (κ1) is 15.8. The third-order valence-corrected chi connectivity index (χ3v) is 4.50. The van der Waals surface area contributed by atoms with Gasteiger partial charge in [0.2, 0.25) is 0 Å². The van der Waals surface area contributed by atoms with Gasteiger partial charge in [0.25, 0.3) is 0 Å². The van der Waals surface area contributed by atoms with Crippen LogP contribution in [0.3, 0.4) is 0 Å². The first-order chi connectivity index (χ1) is 12.3. The SMILES string of the molecule is Fc1ccc2c(c1)[C@@H](N[C@@H](c1ccccc1)c1ccccn1)CCO2. The van der Waals surface area contributed by atoms with Gasteiger partial charge in [-0.3, -0.25) is 10.3 Å². The van der Waals surface area contributed by atoms with Gasteiger partial charge < -0.3 is 4.74 Å². The molecule has 0 spiro atoms. The Kier molecular flexibility index (Phi) is 4.44. The van der Waals surface area contributed by atoms with Crippen LogP contribution in [0.5, 0.6) is 5.75 Å². The lowest BCUT2D eigenvalue weighted by Gasteiger charge is -2.30. The number of rotatable bonds is 4. The molecule has 126 valence electrons. The molecule has 1 aliphatic heterocycles. The lowest BCUT2D eigenvalue weighted by Crippen LogP contribution is -2.31. The van der Waals surface area contributed by atoms with E-state index in [1.165, 1.54) is 6.07 Å². The zero-order valence-corrected chi connectivity index (χ0v) is 13.7. The van der Waals surface area contributed by atoms with E-state index in [4.69, 9.17) is 4.74 Å². The highest BCUT2D eigenvalue weighted by Gasteiger charge is 2.26. The van der Waals surface area contributed by atoms with Gasteiger partial charge in [-0.1, -0.05) is 36.4 Å². The van der Waals surface area contributed by atoms with Crippen LogP contribution in [-0.4, -0.2) is 11.6 Å². The highest BCUT2D eigenvalue weighted by Crippen LogP contribution is 2.35. The topological polar surface area (TPSA) is 34.2 Å². The van der Waals surface area contributed by atoms with Crippen molar-refractivity contribution < 1.29 is 9.13 Å². The van der Waals surface area contributed by atoms with E-state index in [-0.39, 0.29) is 17.9 Å². The summed E-state index contributed by atoms with van der Waals surface area (Å²) in [6.45, 7) is 0.611. The Balaban J connectivity index is 1.70. The zero-order valence-electron chi connectivity index (χ0n) is 13.7. The average Bonchev–Trinajstić information content (AvgIpc) is 2.67. The molecular weight excluding hydrogens is 315 g/mol. The molecule has 3 aromatic rings. The lowest BCUT2D eigenvalue weighted by molar-refractivity contribution is 0.246. The maximum absolute atomic E-state index is 13.8. The summed E-state index contributed by atoms with van der Waals surface area (Å²) in [7, 11) is 0. The van der Waals surface area contributed by atoms with E-state index in [1.54, 1.807) is 18.3 Å². The monoisotopic (exact) mass is 334 g/mol. The fourth-order valence-electron chi connectivity index (χ4n) is 3.28. The molecule has 25 heavy (non-hydrogen) atoms. The summed E-state index contributed by atoms with van der Waals surface area (Å²) >= 11 is 0. The predicted molar refractivity (Wildman–Crippen MR) is 94.9 cm³/mol. The molecule has 2 heterocycles. The minimum absolute atomic E-state index is 0.00617. The molecule has 0 saturated carbocycles. The van der Waals surface area contributed by atoms with E-state index in [0.29, 0.717) is 6.61 Å². The van der Waals surface area contributed by atoms with E-state index in [1.807, 2.05) is 36.4 Å². The Labute approximate surface area is 146 Å². The predicted octanol–water partition coefficient (Wildman–Crippen LogP) is 4.42. The van der Waals surface area contributed by atoms with Crippen molar-refractivity contribution >= 4 is 0 Å². The number of benzene rings is 2. The van der Waals surface area contributed by atoms with E-state index >= 15 is 0 Å². The highest BCUT2D eigenvalue weighted by molar-refractivity contribution is 5.39. The van der Waals surface area contributed by atoms with Crippen LogP contribution in [0.4, 0.5) is 4.39 Å². The van der Waals surface area contributed by atoms with Crippen LogP contribution >= 0.6 is 0 Å². The number of ether oxygens (including phenoxy) is 1. The summed E-state index contributed by atoms with van der Waals surface area (Å²) < 4.78 is 19.4. The molecule has 2 atom stereocenters. The Morgan fingerprint density at radius 1 is 1.04 bits per heavy atom. The molecule has 0 aliphatic carbocycles. The van der Waals surface area contributed by atoms with Gasteiger partial charge in [0.15, 0.2) is 0 Å². The van der Waals surface area contributed by atoms with Crippen molar-refractivity contribution in [2.24, 2.45) is 0 Å². The molecule has 0 bridgehead atoms. The summed E-state index contributed by atoms with van der Waals surface area (Å²) in [4.78, 5) is 4.53. The third-order valence-electron chi connectivity index (χ3n) is 4.50. The van der Waals surface area contributed by atoms with Crippen LogP contribution in [0, 0.1) is 5.82 Å². The van der Waals surface area contributed by atoms with Gasteiger partial charge in [0, 0.05) is 24.2 Å². The molecule has 0 saturated heterocycles. The second-order valence-corrected chi connectivity index (χ2v) is 6.14. The molecule has 4 rings (SSSR count). The number of fused-ring (bicyclic) bond motifs is 1. The summed E-state index contributed by atoms with van der Waals surface area (Å²) in [6.07, 6.45) is 2.58. The van der Waals surface area contributed by atoms with Crippen molar-refractivity contribution in [3.63, 3.8) is 0 Å². The maximum Gasteiger partial charge on any atom is 0.124 e. The summed E-state index contributed by atoms with van der Waals surface area (Å²) in [6, 6.07) is 20.7. The van der Waals surface area contributed by atoms with E-state index in [9.17, 15) is 4.39 Å². The van der Waals surface area contributed by atoms with Gasteiger partial charge in [0.05, 0.1) is 18.3 Å². The smallest absolute Gasteiger partial charge is 0.124 e. The molecule has 1 N–H and O–H groups in total. The quantitative estimate of drug-likeness (QED) is 0.767. The first-order valence-electron chi connectivity index (χ1n) is 8.45. The van der Waals surface area contributed by atoms with Gasteiger partial charge in [-0.05, 0) is 35.9 Å². The van der Waals surface area contributed by atoms with Gasteiger partial charge in [0.1, 0.15) is 11.6 Å². The number of nitrogens with one attached hydrogen (secondary N) is 1. The van der Waals surface area contributed by atoms with Crippen LogP contribution in [0.1, 0.15) is 35.3 Å². The minimum atomic E-state index is -0.245. The average molecular weight is 334 g/mol. The van der Waals surface area contributed by atoms with E-state index in [0.717, 1.165) is 29.0 Å². The molecule has 1 aliphatic rings. The molecule has 0 unspecified atom stereocenters. The molecule has 4 heteroatoms. The molecule has 0 amide bonds. The van der Waals surface area contributed by atoms with Gasteiger partial charge in [-0.15, -0.1) is 0 Å². The van der Waals surface area contributed by atoms with Crippen molar-refractivity contribution in [2.45, 2.75) is 18.5 Å². The van der Waals surface area contributed by atoms with E-state index in [2.05, 4.69) is 22.4 Å². The minimum Gasteiger partial charge on any atom is -0.493 e. The highest BCUT2D eigenvalue weighted by atomic mass is 19.1. The van der Waals surface area contributed by atoms with Crippen molar-refractivity contribution in [3.8, 4) is 5.75 Å². The molecule has 1 aromatic heterocycles. The van der Waals surface area contributed by atoms with Gasteiger partial charge in [-0.2, -0.15) is 0 Å². The summed E-state index contributed by atoms with van der Waals surface area (Å²) in [5, 5.41) is 3.66. The largest absolute Gasteiger partial charge is 0.493 e. The Bertz CT molecular complexity index is 800. The Hall–Kier alpha value is -2.72. The normalized spacial score (nSPS) is 17.4. The standard InChI is InChI=1S/C21H19FN2O/c22-16-9-10-20-17(14-16)18(11-13-25-20)24-21(15-6-2-1-3-7-15)19-8-4-5-12-23-19/h1-10,12,14,18,21,24H,11,13H2/t18-,21-/m0/s1. The van der Waals surface area contributed by atoms with Crippen LogP contribution in [-0.2, 0) is 0 Å². The van der Waals surface area contributed by atoms with Crippen molar-refractivity contribution in [1.82, 2.24) is 10.3 Å². The third kappa shape index (κ3) is 3.39. The van der Waals surface area contributed by atoms with Crippen molar-refractivity contribution in [1.29, 1.82) is 0 Å². The van der Waals surface area contributed by atoms with Crippen LogP contribution < -0.4 is 10.1 Å². The Morgan fingerprint density at radius 2 is 1.88 bits per heavy atom. The second-order valence-electron chi connectivity index (χ2n) is 6.14. The van der Waals surface area contributed by atoms with Crippen LogP contribution in [0.25, 0.3) is 0 Å². The van der Waals surface area contributed by atoms with E-state index < -0.39 is 0 Å². The van der Waals surface area contributed by atoms with Crippen LogP contribution in [0.15, 0.2) is 72.9 Å². The molecule has 2 aromatic carbocycles. The molecule has 0 radical (unpaired) electrons. The number of hydrogen-bond donors (Lipinski definition) is 1. The number of nitrogens with zero attached hydrogens (tertiary/aromatic N) is 1. The number of halogens is 1. The fourth-order valence-corrected chi connectivity index (χ4v) is 3.28. The maximum atomic E-state index is 13.8. The zero-order chi connectivity index (χ0) is 17.1. The molecular formula is C21H19FN2O. The number of hydrogen-bond acceptors (Lipinski definition) is 3. The van der Waals surface area contributed by atoms with Gasteiger partial charge >= 0.3 is 0 Å². The first-order valence-corrected chi connectivity index (χ1v) is 8.45. The summed E-state index contributed by atoms with van der Waals surface area (Å²) in [5.74, 6) is 0.503. The second kappa shape index (κ2) is 7.03. The van der Waals surface area contributed by atoms with Gasteiger partial charge in [-0.25, -0.2) is 4.39 Å². The number of aromatic nitrogens is 1. The van der Waals surface area contributed by atoms with Crippen molar-refractivity contribution in [2.75, 3.05) is 6.61 Å². The summed E-state index contributed by atoms with van der Waals surface area (Å²) in [5.41, 5.74) is 2.94. The molecule has 3 nitrogen and oxygen atoms in total. The Morgan fingerprint density at radius 3 is 2.68 bits per heavy atom. The fraction of sp³-hybridized carbons (Fsp3) is 0.190. The molecule has 0 fully saturated rings. The lowest BCUT2D eigenvalue weighted by atomic mass is 9.96.